The number of anilines is 1. The largest absolute Gasteiger partial charge is 0.321 e. The number of nitrogens with zero attached hydrogens (tertiary/aromatic N) is 4. The van der Waals surface area contributed by atoms with Crippen LogP contribution in [0, 0.1) is 0 Å². The molecule has 0 aliphatic carbocycles. The number of amides is 1. The molecule has 1 N–H and O–H groups in total. The number of nitrogens with one attached hydrogen (secondary N) is 1. The Morgan fingerprint density at radius 3 is 2.62 bits per heavy atom. The van der Waals surface area contributed by atoms with Gasteiger partial charge in [-0.15, -0.1) is 0 Å². The molecule has 0 aliphatic rings. The van der Waals surface area contributed by atoms with Crippen molar-refractivity contribution in [3.63, 3.8) is 0 Å². The first-order valence-electron chi connectivity index (χ1n) is 8.14. The number of aromatic nitrogens is 4. The molecule has 1 amide bonds. The number of para-hydroxylation sites is 2. The highest BCUT2D eigenvalue weighted by molar-refractivity contribution is 8.00. The zero-order valence-electron chi connectivity index (χ0n) is 14.6. The molecule has 2 aromatic heterocycles. The molecule has 0 saturated heterocycles. The summed E-state index contributed by atoms with van der Waals surface area (Å²) in [6.07, 6.45) is 1.60. The predicted molar refractivity (Wildman–Crippen MR) is 97.5 cm³/mol. The SMILES string of the molecule is CC(C)n1nccc1NC(=O)[C@H](C)Sc1nc2ccccc2n1C(F)F. The van der Waals surface area contributed by atoms with Crippen molar-refractivity contribution in [1.82, 2.24) is 19.3 Å². The van der Waals surface area contributed by atoms with E-state index in [0.29, 0.717) is 16.9 Å². The summed E-state index contributed by atoms with van der Waals surface area (Å²) < 4.78 is 29.5. The summed E-state index contributed by atoms with van der Waals surface area (Å²) in [7, 11) is 0. The second-order valence-electron chi connectivity index (χ2n) is 6.03. The molecule has 1 atom stereocenters. The van der Waals surface area contributed by atoms with Gasteiger partial charge in [-0.25, -0.2) is 9.67 Å². The van der Waals surface area contributed by atoms with Crippen LogP contribution in [0.4, 0.5) is 14.6 Å². The van der Waals surface area contributed by atoms with E-state index in [2.05, 4.69) is 15.4 Å². The molecule has 0 spiro atoms. The van der Waals surface area contributed by atoms with Crippen LogP contribution in [0.15, 0.2) is 41.7 Å². The van der Waals surface area contributed by atoms with Crippen molar-refractivity contribution >= 4 is 34.5 Å². The number of carbonyl (C=O) groups is 1. The Morgan fingerprint density at radius 1 is 1.19 bits per heavy atom. The minimum atomic E-state index is -2.73. The summed E-state index contributed by atoms with van der Waals surface area (Å²) in [6, 6.07) is 8.47. The van der Waals surface area contributed by atoms with Gasteiger partial charge in [0.1, 0.15) is 5.82 Å². The third kappa shape index (κ3) is 3.57. The Morgan fingerprint density at radius 2 is 1.92 bits per heavy atom. The summed E-state index contributed by atoms with van der Waals surface area (Å²) in [5.74, 6) is 0.269. The van der Waals surface area contributed by atoms with Crippen molar-refractivity contribution in [2.45, 2.75) is 43.8 Å². The number of carbonyl (C=O) groups excluding carboxylic acids is 1. The van der Waals surface area contributed by atoms with Crippen molar-refractivity contribution in [3.05, 3.63) is 36.5 Å². The van der Waals surface area contributed by atoms with Gasteiger partial charge in [0.05, 0.1) is 22.5 Å². The van der Waals surface area contributed by atoms with E-state index >= 15 is 0 Å². The van der Waals surface area contributed by atoms with Crippen molar-refractivity contribution in [3.8, 4) is 0 Å². The van der Waals surface area contributed by atoms with Crippen LogP contribution in [0.1, 0.15) is 33.4 Å². The molecule has 0 unspecified atom stereocenters. The lowest BCUT2D eigenvalue weighted by molar-refractivity contribution is -0.115. The maximum Gasteiger partial charge on any atom is 0.321 e. The second kappa shape index (κ2) is 7.45. The maximum atomic E-state index is 13.5. The number of fused-ring (bicyclic) bond motifs is 1. The highest BCUT2D eigenvalue weighted by Crippen LogP contribution is 2.31. The molecule has 1 aromatic carbocycles. The average Bonchev–Trinajstić information content (AvgIpc) is 3.18. The molecular formula is C17H19F2N5OS. The first-order valence-corrected chi connectivity index (χ1v) is 9.02. The zero-order valence-corrected chi connectivity index (χ0v) is 15.4. The van der Waals surface area contributed by atoms with Crippen molar-refractivity contribution in [2.75, 3.05) is 5.32 Å². The molecule has 9 heteroatoms. The first kappa shape index (κ1) is 18.4. The number of alkyl halides is 2. The van der Waals surface area contributed by atoms with Gasteiger partial charge in [0.15, 0.2) is 5.16 Å². The molecule has 0 saturated carbocycles. The smallest absolute Gasteiger partial charge is 0.310 e. The van der Waals surface area contributed by atoms with Crippen LogP contribution < -0.4 is 5.32 Å². The molecule has 2 heterocycles. The summed E-state index contributed by atoms with van der Waals surface area (Å²) in [5.41, 5.74) is 0.816. The minimum Gasteiger partial charge on any atom is -0.310 e. The Bertz CT molecular complexity index is 921. The molecule has 3 rings (SSSR count). The quantitative estimate of drug-likeness (QED) is 0.648. The number of benzene rings is 1. The van der Waals surface area contributed by atoms with Crippen LogP contribution >= 0.6 is 11.8 Å². The number of hydrogen-bond donors (Lipinski definition) is 1. The van der Waals surface area contributed by atoms with Crippen molar-refractivity contribution in [2.24, 2.45) is 0 Å². The van der Waals surface area contributed by atoms with Crippen LogP contribution in [0.3, 0.4) is 0 Å². The lowest BCUT2D eigenvalue weighted by atomic mass is 10.3. The molecule has 138 valence electrons. The number of imidazole rings is 1. The van der Waals surface area contributed by atoms with Gasteiger partial charge in [0.2, 0.25) is 5.91 Å². The highest BCUT2D eigenvalue weighted by atomic mass is 32.2. The van der Waals surface area contributed by atoms with E-state index in [-0.39, 0.29) is 17.1 Å². The van der Waals surface area contributed by atoms with E-state index < -0.39 is 11.8 Å². The van der Waals surface area contributed by atoms with Crippen molar-refractivity contribution in [1.29, 1.82) is 0 Å². The van der Waals surface area contributed by atoms with E-state index in [9.17, 15) is 13.6 Å². The standard InChI is InChI=1S/C17H19F2N5OS/c1-10(2)24-14(8-9-20-24)22-15(25)11(3)26-17-21-12-6-4-5-7-13(12)23(17)16(18)19/h4-11,16H,1-3H3,(H,22,25)/t11-/m0/s1. The molecule has 26 heavy (non-hydrogen) atoms. The third-order valence-electron chi connectivity index (χ3n) is 3.82. The van der Waals surface area contributed by atoms with E-state index in [0.717, 1.165) is 16.3 Å². The van der Waals surface area contributed by atoms with Gasteiger partial charge in [-0.05, 0) is 32.9 Å². The minimum absolute atomic E-state index is 0.0892. The Labute approximate surface area is 153 Å². The lowest BCUT2D eigenvalue weighted by Crippen LogP contribution is -2.25. The first-order chi connectivity index (χ1) is 12.4. The van der Waals surface area contributed by atoms with E-state index in [1.807, 2.05) is 13.8 Å². The van der Waals surface area contributed by atoms with Crippen LogP contribution in [-0.2, 0) is 4.79 Å². The van der Waals surface area contributed by atoms with E-state index in [1.165, 1.54) is 0 Å². The van der Waals surface area contributed by atoms with Crippen molar-refractivity contribution < 1.29 is 13.6 Å². The lowest BCUT2D eigenvalue weighted by Gasteiger charge is -2.15. The normalized spacial score (nSPS) is 12.9. The Balaban J connectivity index is 1.80. The molecule has 0 bridgehead atoms. The van der Waals surface area contributed by atoms with Gasteiger partial charge in [0, 0.05) is 12.1 Å². The van der Waals surface area contributed by atoms with Gasteiger partial charge in [-0.1, -0.05) is 23.9 Å². The third-order valence-corrected chi connectivity index (χ3v) is 4.89. The van der Waals surface area contributed by atoms with Gasteiger partial charge in [-0.3, -0.25) is 9.36 Å². The topological polar surface area (TPSA) is 64.7 Å². The maximum absolute atomic E-state index is 13.5. The van der Waals surface area contributed by atoms with E-state index in [1.54, 1.807) is 48.1 Å². The number of halogens is 2. The van der Waals surface area contributed by atoms with Crippen LogP contribution in [0.5, 0.6) is 0 Å². The van der Waals surface area contributed by atoms with Gasteiger partial charge < -0.3 is 5.32 Å². The number of rotatable bonds is 6. The van der Waals surface area contributed by atoms with E-state index in [4.69, 9.17) is 0 Å². The monoisotopic (exact) mass is 379 g/mol. The van der Waals surface area contributed by atoms with Gasteiger partial charge in [-0.2, -0.15) is 13.9 Å². The average molecular weight is 379 g/mol. The van der Waals surface area contributed by atoms with Gasteiger partial charge >= 0.3 is 6.55 Å². The fourth-order valence-corrected chi connectivity index (χ4v) is 3.48. The molecule has 3 aromatic rings. The van der Waals surface area contributed by atoms with Crippen LogP contribution in [0.2, 0.25) is 0 Å². The zero-order chi connectivity index (χ0) is 18.8. The Hall–Kier alpha value is -2.42. The molecular weight excluding hydrogens is 360 g/mol. The number of thioether (sulfide) groups is 1. The number of hydrogen-bond acceptors (Lipinski definition) is 4. The Kier molecular flexibility index (Phi) is 5.26. The summed E-state index contributed by atoms with van der Waals surface area (Å²) in [4.78, 5) is 16.7. The predicted octanol–water partition coefficient (Wildman–Crippen LogP) is 4.33. The van der Waals surface area contributed by atoms with Crippen LogP contribution in [0.25, 0.3) is 11.0 Å². The second-order valence-corrected chi connectivity index (χ2v) is 7.34. The molecule has 0 aliphatic heterocycles. The fourth-order valence-electron chi connectivity index (χ4n) is 2.56. The molecule has 0 radical (unpaired) electrons. The van der Waals surface area contributed by atoms with Gasteiger partial charge in [0.25, 0.3) is 0 Å². The summed E-state index contributed by atoms with van der Waals surface area (Å²) in [5, 5.41) is 6.45. The molecule has 6 nitrogen and oxygen atoms in total. The highest BCUT2D eigenvalue weighted by Gasteiger charge is 2.23. The summed E-state index contributed by atoms with van der Waals surface area (Å²) in [6.45, 7) is 2.82. The summed E-state index contributed by atoms with van der Waals surface area (Å²) >= 11 is 0.999. The van der Waals surface area contributed by atoms with Crippen LogP contribution in [-0.4, -0.2) is 30.5 Å². The molecule has 0 fully saturated rings. The fraction of sp³-hybridized carbons (Fsp3) is 0.353.